The summed E-state index contributed by atoms with van der Waals surface area (Å²) in [6.45, 7) is 0.253. The fourth-order valence-electron chi connectivity index (χ4n) is 4.33. The lowest BCUT2D eigenvalue weighted by atomic mass is 10.1. The van der Waals surface area contributed by atoms with Crippen molar-refractivity contribution in [2.45, 2.75) is 18.9 Å². The van der Waals surface area contributed by atoms with Crippen molar-refractivity contribution in [2.75, 3.05) is 13.7 Å². The standard InChI is InChI=1S/C27H21FO7/c1-32-25(29)12-16-14-33-24-13-18(6-7-19(16)24)35-23-10-8-20-22(11-9-21(28)26(20)23)34-17-4-2-15(3-5-17)27(30)31/h2-7,9,11-13,23H,8,10,14H2,1H3,(H,30,31). The molecule has 0 fully saturated rings. The molecule has 2 aliphatic rings. The number of carbonyl (C=O) groups excluding carboxylic acids is 1. The van der Waals surface area contributed by atoms with Gasteiger partial charge in [0.25, 0.3) is 0 Å². The SMILES string of the molecule is COC(=O)C=C1COc2cc(OC3CCc4c(Oc5ccc(C(=O)O)cc5)ccc(F)c43)ccc21. The van der Waals surface area contributed by atoms with Crippen LogP contribution in [0.25, 0.3) is 5.57 Å². The summed E-state index contributed by atoms with van der Waals surface area (Å²) in [7, 11) is 1.32. The lowest BCUT2D eigenvalue weighted by Crippen LogP contribution is -2.06. The van der Waals surface area contributed by atoms with Gasteiger partial charge in [0.1, 0.15) is 41.5 Å². The Morgan fingerprint density at radius 2 is 1.86 bits per heavy atom. The second kappa shape index (κ2) is 9.13. The summed E-state index contributed by atoms with van der Waals surface area (Å²) in [5.74, 6) is 0.216. The van der Waals surface area contributed by atoms with E-state index in [0.29, 0.717) is 47.0 Å². The number of hydrogen-bond donors (Lipinski definition) is 1. The van der Waals surface area contributed by atoms with E-state index in [1.54, 1.807) is 36.4 Å². The molecule has 1 unspecified atom stereocenters. The van der Waals surface area contributed by atoms with E-state index < -0.39 is 18.0 Å². The quantitative estimate of drug-likeness (QED) is 0.380. The molecule has 3 aromatic carbocycles. The number of carbonyl (C=O) groups is 2. The fourth-order valence-corrected chi connectivity index (χ4v) is 4.33. The van der Waals surface area contributed by atoms with Gasteiger partial charge < -0.3 is 24.1 Å². The van der Waals surface area contributed by atoms with Crippen LogP contribution in [0.1, 0.15) is 39.6 Å². The normalized spacial score (nSPS) is 16.9. The van der Waals surface area contributed by atoms with Crippen LogP contribution in [0.3, 0.4) is 0 Å². The molecule has 0 bridgehead atoms. The molecule has 0 saturated heterocycles. The van der Waals surface area contributed by atoms with Crippen molar-refractivity contribution in [3.63, 3.8) is 0 Å². The molecule has 0 spiro atoms. The molecule has 5 rings (SSSR count). The van der Waals surface area contributed by atoms with Crippen LogP contribution >= 0.6 is 0 Å². The molecule has 0 amide bonds. The van der Waals surface area contributed by atoms with Crippen molar-refractivity contribution in [3.05, 3.63) is 88.7 Å². The summed E-state index contributed by atoms with van der Waals surface area (Å²) in [6.07, 6.45) is 2.02. The van der Waals surface area contributed by atoms with Gasteiger partial charge in [0.15, 0.2) is 0 Å². The summed E-state index contributed by atoms with van der Waals surface area (Å²) in [4.78, 5) is 22.6. The van der Waals surface area contributed by atoms with Crippen molar-refractivity contribution >= 4 is 17.5 Å². The van der Waals surface area contributed by atoms with Crippen LogP contribution < -0.4 is 14.2 Å². The smallest absolute Gasteiger partial charge is 0.335 e. The van der Waals surface area contributed by atoms with Gasteiger partial charge in [-0.1, -0.05) is 0 Å². The molecular weight excluding hydrogens is 455 g/mol. The highest BCUT2D eigenvalue weighted by molar-refractivity contribution is 5.93. The number of ether oxygens (including phenoxy) is 4. The van der Waals surface area contributed by atoms with Gasteiger partial charge in [-0.2, -0.15) is 0 Å². The monoisotopic (exact) mass is 476 g/mol. The average Bonchev–Trinajstić information content (AvgIpc) is 3.46. The minimum absolute atomic E-state index is 0.154. The van der Waals surface area contributed by atoms with Gasteiger partial charge in [-0.3, -0.25) is 0 Å². The van der Waals surface area contributed by atoms with Crippen LogP contribution in [0.2, 0.25) is 0 Å². The Morgan fingerprint density at radius 3 is 2.60 bits per heavy atom. The van der Waals surface area contributed by atoms with E-state index in [0.717, 1.165) is 11.1 Å². The third-order valence-corrected chi connectivity index (χ3v) is 6.02. The first-order chi connectivity index (χ1) is 16.9. The molecule has 178 valence electrons. The molecule has 0 aromatic heterocycles. The Kier molecular flexibility index (Phi) is 5.86. The highest BCUT2D eigenvalue weighted by Crippen LogP contribution is 2.44. The number of rotatable bonds is 6. The number of aromatic carboxylic acids is 1. The molecule has 1 heterocycles. The Bertz CT molecular complexity index is 1340. The molecule has 7 nitrogen and oxygen atoms in total. The third-order valence-electron chi connectivity index (χ3n) is 6.02. The van der Waals surface area contributed by atoms with E-state index in [2.05, 4.69) is 4.74 Å². The Balaban J connectivity index is 1.36. The van der Waals surface area contributed by atoms with Gasteiger partial charge in [0, 0.05) is 34.4 Å². The summed E-state index contributed by atoms with van der Waals surface area (Å²) >= 11 is 0. The molecule has 0 radical (unpaired) electrons. The lowest BCUT2D eigenvalue weighted by molar-refractivity contribution is -0.134. The highest BCUT2D eigenvalue weighted by Gasteiger charge is 2.31. The molecule has 3 aromatic rings. The van der Waals surface area contributed by atoms with Crippen molar-refractivity contribution in [2.24, 2.45) is 0 Å². The Hall–Kier alpha value is -4.33. The number of hydrogen-bond acceptors (Lipinski definition) is 6. The zero-order valence-corrected chi connectivity index (χ0v) is 18.7. The van der Waals surface area contributed by atoms with Crippen molar-refractivity contribution in [1.82, 2.24) is 0 Å². The molecule has 8 heteroatoms. The maximum absolute atomic E-state index is 14.9. The Morgan fingerprint density at radius 1 is 1.09 bits per heavy atom. The predicted molar refractivity (Wildman–Crippen MR) is 123 cm³/mol. The van der Waals surface area contributed by atoms with Crippen molar-refractivity contribution in [3.8, 4) is 23.0 Å². The van der Waals surface area contributed by atoms with Crippen LogP contribution in [-0.4, -0.2) is 30.8 Å². The number of esters is 1. The molecule has 1 aliphatic heterocycles. The number of fused-ring (bicyclic) bond motifs is 2. The summed E-state index contributed by atoms with van der Waals surface area (Å²) in [6, 6.07) is 14.2. The maximum atomic E-state index is 14.9. The molecule has 1 aliphatic carbocycles. The lowest BCUT2D eigenvalue weighted by Gasteiger charge is -2.17. The minimum atomic E-state index is -1.02. The average molecular weight is 476 g/mol. The predicted octanol–water partition coefficient (Wildman–Crippen LogP) is 5.33. The number of benzene rings is 3. The summed E-state index contributed by atoms with van der Waals surface area (Å²) in [5.41, 5.74) is 2.82. The highest BCUT2D eigenvalue weighted by atomic mass is 19.1. The summed E-state index contributed by atoms with van der Waals surface area (Å²) in [5, 5.41) is 9.06. The van der Waals surface area contributed by atoms with Crippen molar-refractivity contribution < 1.29 is 38.0 Å². The van der Waals surface area contributed by atoms with E-state index in [4.69, 9.17) is 19.3 Å². The van der Waals surface area contributed by atoms with Gasteiger partial charge in [-0.05, 0) is 61.4 Å². The first kappa shape index (κ1) is 22.5. The molecule has 35 heavy (non-hydrogen) atoms. The number of halogens is 1. The van der Waals surface area contributed by atoms with E-state index in [9.17, 15) is 14.0 Å². The largest absolute Gasteiger partial charge is 0.488 e. The first-order valence-electron chi connectivity index (χ1n) is 11.0. The maximum Gasteiger partial charge on any atom is 0.335 e. The Labute approximate surface area is 200 Å². The minimum Gasteiger partial charge on any atom is -0.488 e. The van der Waals surface area contributed by atoms with Gasteiger partial charge in [0.2, 0.25) is 0 Å². The molecule has 1 N–H and O–H groups in total. The topological polar surface area (TPSA) is 91.3 Å². The zero-order valence-electron chi connectivity index (χ0n) is 18.7. The van der Waals surface area contributed by atoms with Crippen LogP contribution in [-0.2, 0) is 16.0 Å². The van der Waals surface area contributed by atoms with E-state index in [-0.39, 0.29) is 18.0 Å². The third kappa shape index (κ3) is 4.42. The number of carboxylic acid groups (broad SMARTS) is 1. The summed E-state index contributed by atoms with van der Waals surface area (Å²) < 4.78 is 37.3. The first-order valence-corrected chi connectivity index (χ1v) is 11.0. The van der Waals surface area contributed by atoms with Gasteiger partial charge >= 0.3 is 11.9 Å². The van der Waals surface area contributed by atoms with Gasteiger partial charge in [-0.25, -0.2) is 14.0 Å². The molecule has 0 saturated carbocycles. The van der Waals surface area contributed by atoms with E-state index >= 15 is 0 Å². The van der Waals surface area contributed by atoms with Crippen molar-refractivity contribution in [1.29, 1.82) is 0 Å². The van der Waals surface area contributed by atoms with E-state index in [1.807, 2.05) is 0 Å². The van der Waals surface area contributed by atoms with Crippen LogP contribution in [0.4, 0.5) is 4.39 Å². The fraction of sp³-hybridized carbons (Fsp3) is 0.185. The van der Waals surface area contributed by atoms with Gasteiger partial charge in [0.05, 0.1) is 12.7 Å². The second-order valence-corrected chi connectivity index (χ2v) is 8.15. The molecule has 1 atom stereocenters. The van der Waals surface area contributed by atoms with Crippen LogP contribution in [0.15, 0.2) is 60.7 Å². The number of carboxylic acids is 1. The second-order valence-electron chi connectivity index (χ2n) is 8.15. The van der Waals surface area contributed by atoms with Gasteiger partial charge in [-0.15, -0.1) is 0 Å². The van der Waals surface area contributed by atoms with Crippen LogP contribution in [0, 0.1) is 5.82 Å². The zero-order chi connectivity index (χ0) is 24.5. The van der Waals surface area contributed by atoms with Crippen LogP contribution in [0.5, 0.6) is 23.0 Å². The number of methoxy groups -OCH3 is 1. The molecular formula is C27H21FO7. The van der Waals surface area contributed by atoms with E-state index in [1.165, 1.54) is 31.4 Å².